The molecule has 1 amide bonds. The number of amides is 1. The van der Waals surface area contributed by atoms with Crippen molar-refractivity contribution in [3.8, 4) is 11.4 Å². The van der Waals surface area contributed by atoms with Crippen LogP contribution in [0.1, 0.15) is 30.8 Å². The molecule has 3 aromatic rings. The zero-order chi connectivity index (χ0) is 17.6. The first kappa shape index (κ1) is 17.4. The molecule has 6 heteroatoms. The molecule has 1 aromatic heterocycles. The Morgan fingerprint density at radius 3 is 2.60 bits per heavy atom. The van der Waals surface area contributed by atoms with E-state index in [1.54, 1.807) is 0 Å². The highest BCUT2D eigenvalue weighted by Crippen LogP contribution is 2.19. The summed E-state index contributed by atoms with van der Waals surface area (Å²) in [5.74, 6) is 0.945. The highest BCUT2D eigenvalue weighted by molar-refractivity contribution is 9.10. The molecule has 0 bridgehead atoms. The number of benzene rings is 2. The van der Waals surface area contributed by atoms with Gasteiger partial charge in [-0.15, -0.1) is 0 Å². The highest BCUT2D eigenvalue weighted by atomic mass is 79.9. The predicted molar refractivity (Wildman–Crippen MR) is 98.8 cm³/mol. The van der Waals surface area contributed by atoms with Crippen LogP contribution < -0.4 is 5.32 Å². The van der Waals surface area contributed by atoms with Gasteiger partial charge in [0.25, 0.3) is 0 Å². The second-order valence-corrected chi connectivity index (χ2v) is 6.63. The van der Waals surface area contributed by atoms with Gasteiger partial charge in [-0.25, -0.2) is 0 Å². The fourth-order valence-corrected chi connectivity index (χ4v) is 2.70. The molecule has 0 aliphatic rings. The van der Waals surface area contributed by atoms with Gasteiger partial charge in [0.15, 0.2) is 0 Å². The summed E-state index contributed by atoms with van der Waals surface area (Å²) >= 11 is 3.39. The maximum Gasteiger partial charge on any atom is 0.227 e. The molecule has 0 fully saturated rings. The number of nitrogens with one attached hydrogen (secondary N) is 1. The number of hydrogen-bond donors (Lipinski definition) is 1. The van der Waals surface area contributed by atoms with Gasteiger partial charge in [-0.2, -0.15) is 4.98 Å². The SMILES string of the molecule is CC(NC(=O)CCc1nc(-c2ccc(Br)cc2)no1)c1ccccc1. The zero-order valence-corrected chi connectivity index (χ0v) is 15.4. The number of aryl methyl sites for hydroxylation is 1. The van der Waals surface area contributed by atoms with Crippen molar-refractivity contribution in [3.63, 3.8) is 0 Å². The van der Waals surface area contributed by atoms with Crippen molar-refractivity contribution in [2.75, 3.05) is 0 Å². The average molecular weight is 400 g/mol. The number of carbonyl (C=O) groups excluding carboxylic acids is 1. The van der Waals surface area contributed by atoms with Gasteiger partial charge in [0.05, 0.1) is 6.04 Å². The van der Waals surface area contributed by atoms with E-state index >= 15 is 0 Å². The van der Waals surface area contributed by atoms with E-state index in [0.717, 1.165) is 15.6 Å². The third-order valence-corrected chi connectivity index (χ3v) is 4.34. The third kappa shape index (κ3) is 4.76. The van der Waals surface area contributed by atoms with Crippen LogP contribution in [-0.4, -0.2) is 16.0 Å². The Hall–Kier alpha value is -2.47. The van der Waals surface area contributed by atoms with E-state index in [9.17, 15) is 4.79 Å². The molecule has 0 saturated carbocycles. The first-order chi connectivity index (χ1) is 12.1. The molecular formula is C19H18BrN3O2. The van der Waals surface area contributed by atoms with Gasteiger partial charge < -0.3 is 9.84 Å². The van der Waals surface area contributed by atoms with Crippen molar-refractivity contribution in [1.82, 2.24) is 15.5 Å². The molecule has 0 radical (unpaired) electrons. The molecule has 0 aliphatic carbocycles. The quantitative estimate of drug-likeness (QED) is 0.670. The minimum Gasteiger partial charge on any atom is -0.350 e. The van der Waals surface area contributed by atoms with Gasteiger partial charge in [0, 0.05) is 22.9 Å². The molecular weight excluding hydrogens is 382 g/mol. The van der Waals surface area contributed by atoms with E-state index in [1.165, 1.54) is 0 Å². The molecule has 0 spiro atoms. The maximum atomic E-state index is 12.1. The van der Waals surface area contributed by atoms with Crippen LogP contribution in [0.2, 0.25) is 0 Å². The van der Waals surface area contributed by atoms with Crippen LogP contribution in [0.25, 0.3) is 11.4 Å². The summed E-state index contributed by atoms with van der Waals surface area (Å²) in [5.41, 5.74) is 1.95. The fraction of sp³-hybridized carbons (Fsp3) is 0.211. The summed E-state index contributed by atoms with van der Waals surface area (Å²) in [6.45, 7) is 1.96. The Labute approximate surface area is 154 Å². The predicted octanol–water partition coefficient (Wildman–Crippen LogP) is 4.31. The van der Waals surface area contributed by atoms with E-state index < -0.39 is 0 Å². The Kier molecular flexibility index (Phi) is 5.60. The normalized spacial score (nSPS) is 11.9. The van der Waals surface area contributed by atoms with Gasteiger partial charge >= 0.3 is 0 Å². The van der Waals surface area contributed by atoms with Crippen LogP contribution in [0.5, 0.6) is 0 Å². The standard InChI is InChI=1S/C19H18BrN3O2/c1-13(14-5-3-2-4-6-14)21-17(24)11-12-18-22-19(23-25-18)15-7-9-16(20)10-8-15/h2-10,13H,11-12H2,1H3,(H,21,24). The fourth-order valence-electron chi connectivity index (χ4n) is 2.43. The second-order valence-electron chi connectivity index (χ2n) is 5.72. The lowest BCUT2D eigenvalue weighted by atomic mass is 10.1. The number of halogens is 1. The smallest absolute Gasteiger partial charge is 0.227 e. The molecule has 2 aromatic carbocycles. The van der Waals surface area contributed by atoms with Crippen LogP contribution in [0.15, 0.2) is 63.6 Å². The summed E-state index contributed by atoms with van der Waals surface area (Å²) < 4.78 is 6.23. The number of nitrogens with zero attached hydrogens (tertiary/aromatic N) is 2. The Bertz CT molecular complexity index is 831. The molecule has 5 nitrogen and oxygen atoms in total. The maximum absolute atomic E-state index is 12.1. The molecule has 3 rings (SSSR count). The Morgan fingerprint density at radius 1 is 1.16 bits per heavy atom. The van der Waals surface area contributed by atoms with Gasteiger partial charge in [-0.05, 0) is 36.8 Å². The number of rotatable bonds is 6. The topological polar surface area (TPSA) is 68.0 Å². The summed E-state index contributed by atoms with van der Waals surface area (Å²) in [4.78, 5) is 16.5. The summed E-state index contributed by atoms with van der Waals surface area (Å²) in [5, 5.41) is 6.95. The van der Waals surface area contributed by atoms with Crippen molar-refractivity contribution in [1.29, 1.82) is 0 Å². The van der Waals surface area contributed by atoms with Crippen LogP contribution in [0, 0.1) is 0 Å². The minimum absolute atomic E-state index is 0.0327. The lowest BCUT2D eigenvalue weighted by Gasteiger charge is -2.13. The number of carbonyl (C=O) groups is 1. The molecule has 1 unspecified atom stereocenters. The van der Waals surface area contributed by atoms with Gasteiger partial charge in [0.2, 0.25) is 17.6 Å². The number of aromatic nitrogens is 2. The van der Waals surface area contributed by atoms with E-state index in [1.807, 2.05) is 61.5 Å². The van der Waals surface area contributed by atoms with Crippen molar-refractivity contribution in [2.45, 2.75) is 25.8 Å². The van der Waals surface area contributed by atoms with Crippen LogP contribution in [-0.2, 0) is 11.2 Å². The van der Waals surface area contributed by atoms with Gasteiger partial charge in [0.1, 0.15) is 0 Å². The molecule has 1 N–H and O–H groups in total. The van der Waals surface area contributed by atoms with Crippen molar-refractivity contribution in [3.05, 3.63) is 70.5 Å². The molecule has 128 valence electrons. The average Bonchev–Trinajstić information content (AvgIpc) is 3.10. The molecule has 25 heavy (non-hydrogen) atoms. The van der Waals surface area contributed by atoms with Crippen LogP contribution in [0.3, 0.4) is 0 Å². The zero-order valence-electron chi connectivity index (χ0n) is 13.8. The second kappa shape index (κ2) is 8.07. The van der Waals surface area contributed by atoms with E-state index in [-0.39, 0.29) is 11.9 Å². The van der Waals surface area contributed by atoms with Crippen molar-refractivity contribution >= 4 is 21.8 Å². The largest absolute Gasteiger partial charge is 0.350 e. The highest BCUT2D eigenvalue weighted by Gasteiger charge is 2.13. The van der Waals surface area contributed by atoms with Crippen molar-refractivity contribution < 1.29 is 9.32 Å². The van der Waals surface area contributed by atoms with Crippen molar-refractivity contribution in [2.24, 2.45) is 0 Å². The molecule has 0 saturated heterocycles. The first-order valence-corrected chi connectivity index (χ1v) is 8.84. The Balaban J connectivity index is 1.53. The minimum atomic E-state index is -0.0419. The summed E-state index contributed by atoms with van der Waals surface area (Å²) in [6, 6.07) is 17.5. The van der Waals surface area contributed by atoms with E-state index in [2.05, 4.69) is 31.4 Å². The number of hydrogen-bond acceptors (Lipinski definition) is 4. The van der Waals surface area contributed by atoms with Gasteiger partial charge in [-0.1, -0.05) is 51.4 Å². The van der Waals surface area contributed by atoms with E-state index in [0.29, 0.717) is 24.6 Å². The molecule has 0 aliphatic heterocycles. The molecule has 1 atom stereocenters. The Morgan fingerprint density at radius 2 is 1.88 bits per heavy atom. The lowest BCUT2D eigenvalue weighted by Crippen LogP contribution is -2.26. The van der Waals surface area contributed by atoms with E-state index in [4.69, 9.17) is 4.52 Å². The third-order valence-electron chi connectivity index (χ3n) is 3.81. The molecule has 1 heterocycles. The summed E-state index contributed by atoms with van der Waals surface area (Å²) in [6.07, 6.45) is 0.718. The van der Waals surface area contributed by atoms with Crippen LogP contribution in [0.4, 0.5) is 0 Å². The summed E-state index contributed by atoms with van der Waals surface area (Å²) in [7, 11) is 0. The lowest BCUT2D eigenvalue weighted by molar-refractivity contribution is -0.121. The monoisotopic (exact) mass is 399 g/mol. The van der Waals surface area contributed by atoms with Crippen LogP contribution >= 0.6 is 15.9 Å². The van der Waals surface area contributed by atoms with Gasteiger partial charge in [-0.3, -0.25) is 4.79 Å². The first-order valence-electron chi connectivity index (χ1n) is 8.04.